The molecular weight excluding hydrogens is 558 g/mol. The van der Waals surface area contributed by atoms with Gasteiger partial charge in [0.2, 0.25) is 11.8 Å². The highest BCUT2D eigenvalue weighted by molar-refractivity contribution is 6.39. The van der Waals surface area contributed by atoms with Crippen LogP contribution in [-0.2, 0) is 25.6 Å². The Morgan fingerprint density at radius 1 is 0.977 bits per heavy atom. The van der Waals surface area contributed by atoms with Crippen LogP contribution in [-0.4, -0.2) is 69.4 Å². The van der Waals surface area contributed by atoms with Gasteiger partial charge in [-0.2, -0.15) is 0 Å². The zero-order valence-corrected chi connectivity index (χ0v) is 24.3. The molecule has 2 aromatic rings. The number of unbranched alkanes of at least 4 members (excludes halogenated alkanes) is 2. The molecule has 0 radical (unpaired) electrons. The van der Waals surface area contributed by atoms with E-state index in [-0.39, 0.29) is 41.5 Å². The SMILES string of the molecule is CCCCCN(C(=O)NC(C)C)C(=O)[C@@H](N)Cc1ccc(N(C(=O)C(=O)O)c2ccccc2C(=O)O)c(C=CC(N)=O)c1. The Bertz CT molecular complexity index is 1400. The molecule has 2 rings (SSSR count). The number of para-hydroxylation sites is 1. The van der Waals surface area contributed by atoms with E-state index in [1.54, 1.807) is 13.8 Å². The van der Waals surface area contributed by atoms with E-state index in [2.05, 4.69) is 5.32 Å². The van der Waals surface area contributed by atoms with E-state index >= 15 is 0 Å². The Balaban J connectivity index is 2.57. The number of benzene rings is 2. The topological polar surface area (TPSA) is 213 Å². The third-order valence-electron chi connectivity index (χ3n) is 6.20. The highest BCUT2D eigenvalue weighted by atomic mass is 16.4. The molecule has 13 heteroatoms. The summed E-state index contributed by atoms with van der Waals surface area (Å²) in [5.74, 6) is -6.17. The Kier molecular flexibility index (Phi) is 12.6. The first-order chi connectivity index (χ1) is 20.3. The average molecular weight is 596 g/mol. The number of carbonyl (C=O) groups excluding carboxylic acids is 4. The van der Waals surface area contributed by atoms with Crippen LogP contribution in [0.15, 0.2) is 48.5 Å². The largest absolute Gasteiger partial charge is 0.478 e. The first-order valence-corrected chi connectivity index (χ1v) is 13.7. The fourth-order valence-corrected chi connectivity index (χ4v) is 4.23. The summed E-state index contributed by atoms with van der Waals surface area (Å²) in [6.45, 7) is 5.70. The summed E-state index contributed by atoms with van der Waals surface area (Å²) < 4.78 is 0. The number of anilines is 2. The van der Waals surface area contributed by atoms with Crippen LogP contribution in [0.5, 0.6) is 0 Å². The molecule has 0 aliphatic carbocycles. The van der Waals surface area contributed by atoms with Crippen LogP contribution in [0.25, 0.3) is 6.08 Å². The van der Waals surface area contributed by atoms with Gasteiger partial charge in [-0.25, -0.2) is 14.4 Å². The number of rotatable bonds is 13. The average Bonchev–Trinajstić information content (AvgIpc) is 2.94. The molecule has 0 saturated heterocycles. The van der Waals surface area contributed by atoms with Crippen LogP contribution in [0, 0.1) is 0 Å². The van der Waals surface area contributed by atoms with Crippen molar-refractivity contribution in [1.82, 2.24) is 10.2 Å². The fraction of sp³-hybridized carbons (Fsp3) is 0.333. The molecule has 5 amide bonds. The van der Waals surface area contributed by atoms with Crippen LogP contribution in [0.3, 0.4) is 0 Å². The highest BCUT2D eigenvalue weighted by Gasteiger charge is 2.30. The number of imide groups is 1. The fourth-order valence-electron chi connectivity index (χ4n) is 4.23. The summed E-state index contributed by atoms with van der Waals surface area (Å²) in [4.78, 5) is 76.0. The lowest BCUT2D eigenvalue weighted by Crippen LogP contribution is -2.52. The van der Waals surface area contributed by atoms with Gasteiger partial charge in [0.1, 0.15) is 0 Å². The number of carboxylic acid groups (broad SMARTS) is 2. The molecule has 0 fully saturated rings. The predicted octanol–water partition coefficient (Wildman–Crippen LogP) is 2.64. The summed E-state index contributed by atoms with van der Waals surface area (Å²) in [5.41, 5.74) is 11.4. The minimum absolute atomic E-state index is 0.0612. The zero-order valence-electron chi connectivity index (χ0n) is 24.3. The molecule has 13 nitrogen and oxygen atoms in total. The van der Waals surface area contributed by atoms with Gasteiger partial charge >= 0.3 is 23.9 Å². The van der Waals surface area contributed by atoms with E-state index < -0.39 is 41.7 Å². The van der Waals surface area contributed by atoms with Gasteiger partial charge in [0.05, 0.1) is 23.0 Å². The first kappa shape index (κ1) is 34.2. The maximum Gasteiger partial charge on any atom is 0.395 e. The van der Waals surface area contributed by atoms with Crippen molar-refractivity contribution in [2.45, 2.75) is 58.5 Å². The van der Waals surface area contributed by atoms with Crippen molar-refractivity contribution >= 4 is 53.1 Å². The van der Waals surface area contributed by atoms with Gasteiger partial charge in [0, 0.05) is 18.7 Å². The number of carbonyl (C=O) groups is 6. The monoisotopic (exact) mass is 595 g/mol. The van der Waals surface area contributed by atoms with Crippen molar-refractivity contribution in [3.63, 3.8) is 0 Å². The number of urea groups is 1. The van der Waals surface area contributed by atoms with Gasteiger partial charge in [-0.05, 0) is 68.2 Å². The highest BCUT2D eigenvalue weighted by Crippen LogP contribution is 2.33. The molecule has 0 heterocycles. The van der Waals surface area contributed by atoms with Crippen molar-refractivity contribution in [3.8, 4) is 0 Å². The summed E-state index contributed by atoms with van der Waals surface area (Å²) in [5, 5.41) is 21.9. The van der Waals surface area contributed by atoms with Gasteiger partial charge in [-0.1, -0.05) is 38.0 Å². The van der Waals surface area contributed by atoms with Gasteiger partial charge in [0.25, 0.3) is 0 Å². The molecule has 43 heavy (non-hydrogen) atoms. The second-order valence-corrected chi connectivity index (χ2v) is 10.0. The minimum atomic E-state index is -1.86. The number of aliphatic carboxylic acids is 1. The van der Waals surface area contributed by atoms with Gasteiger partial charge in [0.15, 0.2) is 0 Å². The van der Waals surface area contributed by atoms with Gasteiger partial charge in [-0.15, -0.1) is 0 Å². The quantitative estimate of drug-likeness (QED) is 0.131. The molecule has 7 N–H and O–H groups in total. The first-order valence-electron chi connectivity index (χ1n) is 13.7. The normalized spacial score (nSPS) is 11.7. The number of nitrogens with zero attached hydrogens (tertiary/aromatic N) is 2. The maximum atomic E-state index is 13.3. The lowest BCUT2D eigenvalue weighted by atomic mass is 9.99. The molecule has 1 atom stereocenters. The van der Waals surface area contributed by atoms with Gasteiger partial charge in [-0.3, -0.25) is 24.2 Å². The number of hydrogen-bond acceptors (Lipinski definition) is 7. The molecule has 0 bridgehead atoms. The number of primary amides is 1. The van der Waals surface area contributed by atoms with E-state index in [4.69, 9.17) is 11.5 Å². The van der Waals surface area contributed by atoms with E-state index in [1.807, 2.05) is 6.92 Å². The van der Waals surface area contributed by atoms with Crippen molar-refractivity contribution in [2.24, 2.45) is 11.5 Å². The van der Waals surface area contributed by atoms with E-state index in [0.29, 0.717) is 16.9 Å². The maximum absolute atomic E-state index is 13.3. The van der Waals surface area contributed by atoms with Crippen LogP contribution in [0.2, 0.25) is 0 Å². The van der Waals surface area contributed by atoms with Crippen LogP contribution < -0.4 is 21.7 Å². The molecular formula is C30H37N5O8. The van der Waals surface area contributed by atoms with Crippen molar-refractivity contribution in [1.29, 1.82) is 0 Å². The molecule has 0 aromatic heterocycles. The number of hydrogen-bond donors (Lipinski definition) is 5. The van der Waals surface area contributed by atoms with E-state index in [0.717, 1.165) is 23.8 Å². The van der Waals surface area contributed by atoms with Gasteiger partial charge < -0.3 is 27.0 Å². The number of nitrogens with one attached hydrogen (secondary N) is 1. The Morgan fingerprint density at radius 3 is 2.23 bits per heavy atom. The molecule has 0 saturated carbocycles. The second-order valence-electron chi connectivity index (χ2n) is 10.0. The van der Waals surface area contributed by atoms with Crippen molar-refractivity contribution < 1.29 is 39.0 Å². The van der Waals surface area contributed by atoms with Crippen LogP contribution >= 0.6 is 0 Å². The summed E-state index contributed by atoms with van der Waals surface area (Å²) >= 11 is 0. The number of aromatic carboxylic acids is 1. The number of amides is 5. The third kappa shape index (κ3) is 9.50. The second kappa shape index (κ2) is 15.8. The van der Waals surface area contributed by atoms with Crippen molar-refractivity contribution in [2.75, 3.05) is 11.4 Å². The Hall–Kier alpha value is -5.04. The smallest absolute Gasteiger partial charge is 0.395 e. The summed E-state index contributed by atoms with van der Waals surface area (Å²) in [6, 6.07) is 7.69. The van der Waals surface area contributed by atoms with Crippen molar-refractivity contribution in [3.05, 3.63) is 65.2 Å². The zero-order chi connectivity index (χ0) is 32.3. The number of carboxylic acids is 2. The molecule has 0 spiro atoms. The lowest BCUT2D eigenvalue weighted by Gasteiger charge is -2.26. The minimum Gasteiger partial charge on any atom is -0.478 e. The number of nitrogens with two attached hydrogens (primary N) is 2. The molecule has 0 unspecified atom stereocenters. The summed E-state index contributed by atoms with van der Waals surface area (Å²) in [7, 11) is 0. The van der Waals surface area contributed by atoms with Crippen LogP contribution in [0.4, 0.5) is 16.2 Å². The Morgan fingerprint density at radius 2 is 1.65 bits per heavy atom. The van der Waals surface area contributed by atoms with Crippen LogP contribution in [0.1, 0.15) is 61.5 Å². The molecule has 230 valence electrons. The van der Waals surface area contributed by atoms with E-state index in [9.17, 15) is 39.0 Å². The third-order valence-corrected chi connectivity index (χ3v) is 6.20. The standard InChI is InChI=1S/C30H37N5O8/c1-4-5-8-15-34(30(43)33-18(2)3)26(37)22(31)17-19-11-13-23(20(16-19)12-14-25(32)36)35(27(38)29(41)42)24-10-7-6-9-21(24)28(39)40/h6-7,9-14,16,18,22H,4-5,8,15,17,31H2,1-3H3,(H2,32,36)(H,33,43)(H,39,40)(H,41,42)/t22-/m0/s1. The van der Waals surface area contributed by atoms with E-state index in [1.165, 1.54) is 48.5 Å². The molecule has 0 aliphatic rings. The summed E-state index contributed by atoms with van der Waals surface area (Å²) in [6.07, 6.45) is 4.43. The molecule has 0 aliphatic heterocycles. The predicted molar refractivity (Wildman–Crippen MR) is 159 cm³/mol. The Labute approximate surface area is 249 Å². The lowest BCUT2D eigenvalue weighted by molar-refractivity contribution is -0.148. The molecule has 2 aromatic carbocycles.